The number of aromatic nitrogens is 2. The maximum atomic E-state index is 5.73. The lowest BCUT2D eigenvalue weighted by atomic mass is 10.3. The van der Waals surface area contributed by atoms with Crippen LogP contribution in [0.1, 0.15) is 13.8 Å². The van der Waals surface area contributed by atoms with Gasteiger partial charge in [0.1, 0.15) is 18.0 Å². The van der Waals surface area contributed by atoms with Crippen LogP contribution in [0.2, 0.25) is 0 Å². The molecule has 0 spiro atoms. The lowest BCUT2D eigenvalue weighted by Crippen LogP contribution is -2.33. The van der Waals surface area contributed by atoms with E-state index in [0.717, 1.165) is 24.7 Å². The molecule has 15 heavy (non-hydrogen) atoms. The zero-order valence-electron chi connectivity index (χ0n) is 9.57. The highest BCUT2D eigenvalue weighted by Gasteiger charge is 2.05. The third kappa shape index (κ3) is 3.71. The fourth-order valence-electron chi connectivity index (χ4n) is 1.36. The average Bonchev–Trinajstić information content (AvgIpc) is 2.17. The van der Waals surface area contributed by atoms with Gasteiger partial charge in [-0.1, -0.05) is 0 Å². The van der Waals surface area contributed by atoms with Crippen molar-refractivity contribution >= 4 is 11.6 Å². The van der Waals surface area contributed by atoms with Crippen molar-refractivity contribution in [3.8, 4) is 0 Å². The Labute approximate surface area is 90.7 Å². The van der Waals surface area contributed by atoms with E-state index in [0.29, 0.717) is 0 Å². The van der Waals surface area contributed by atoms with Crippen molar-refractivity contribution in [3.63, 3.8) is 0 Å². The highest BCUT2D eigenvalue weighted by atomic mass is 15.2. The minimum atomic E-state index is 0.132. The minimum absolute atomic E-state index is 0.132. The van der Waals surface area contributed by atoms with Crippen LogP contribution in [0.3, 0.4) is 0 Å². The average molecular weight is 209 g/mol. The summed E-state index contributed by atoms with van der Waals surface area (Å²) >= 11 is 0. The number of rotatable bonds is 5. The highest BCUT2D eigenvalue weighted by Crippen LogP contribution is 2.12. The Balaban J connectivity index is 2.71. The third-order valence-electron chi connectivity index (χ3n) is 1.96. The SMILES string of the molecule is CCNc1cc(N(C)CC(C)N)ncn1. The van der Waals surface area contributed by atoms with Crippen LogP contribution in [-0.2, 0) is 0 Å². The summed E-state index contributed by atoms with van der Waals surface area (Å²) in [6.07, 6.45) is 1.56. The van der Waals surface area contributed by atoms with Crippen molar-refractivity contribution in [2.75, 3.05) is 30.4 Å². The predicted molar refractivity (Wildman–Crippen MR) is 63.1 cm³/mol. The molecule has 0 fully saturated rings. The number of likely N-dealkylation sites (N-methyl/N-ethyl adjacent to an activating group) is 1. The van der Waals surface area contributed by atoms with Gasteiger partial charge in [0.2, 0.25) is 0 Å². The van der Waals surface area contributed by atoms with Crippen LogP contribution in [0.5, 0.6) is 0 Å². The lowest BCUT2D eigenvalue weighted by molar-refractivity contribution is 0.711. The molecule has 1 unspecified atom stereocenters. The molecule has 0 amide bonds. The fraction of sp³-hybridized carbons (Fsp3) is 0.600. The molecule has 1 aromatic rings. The molecule has 5 nitrogen and oxygen atoms in total. The molecular weight excluding hydrogens is 190 g/mol. The van der Waals surface area contributed by atoms with Crippen molar-refractivity contribution in [2.24, 2.45) is 5.73 Å². The van der Waals surface area contributed by atoms with Gasteiger partial charge in [0.15, 0.2) is 0 Å². The molecule has 0 aliphatic rings. The molecule has 3 N–H and O–H groups in total. The van der Waals surface area contributed by atoms with Gasteiger partial charge < -0.3 is 16.0 Å². The Morgan fingerprint density at radius 1 is 1.53 bits per heavy atom. The van der Waals surface area contributed by atoms with E-state index in [2.05, 4.69) is 15.3 Å². The van der Waals surface area contributed by atoms with Crippen molar-refractivity contribution in [2.45, 2.75) is 19.9 Å². The topological polar surface area (TPSA) is 67.1 Å². The summed E-state index contributed by atoms with van der Waals surface area (Å²) in [4.78, 5) is 10.3. The van der Waals surface area contributed by atoms with Crippen LogP contribution in [0.4, 0.5) is 11.6 Å². The Bertz CT molecular complexity index is 300. The number of nitrogens with zero attached hydrogens (tertiary/aromatic N) is 3. The van der Waals surface area contributed by atoms with Crippen LogP contribution >= 0.6 is 0 Å². The Hall–Kier alpha value is -1.36. The number of hydrogen-bond donors (Lipinski definition) is 2. The quantitative estimate of drug-likeness (QED) is 0.747. The number of nitrogens with two attached hydrogens (primary N) is 1. The molecule has 1 aromatic heterocycles. The highest BCUT2D eigenvalue weighted by molar-refractivity contribution is 5.47. The first kappa shape index (κ1) is 11.7. The first-order valence-corrected chi connectivity index (χ1v) is 5.16. The zero-order chi connectivity index (χ0) is 11.3. The fourth-order valence-corrected chi connectivity index (χ4v) is 1.36. The standard InChI is InChI=1S/C10H19N5/c1-4-12-9-5-10(14-7-13-9)15(3)6-8(2)11/h5,7-8H,4,6,11H2,1-3H3,(H,12,13,14). The van der Waals surface area contributed by atoms with Crippen molar-refractivity contribution < 1.29 is 0 Å². The molecule has 0 aromatic carbocycles. The normalized spacial score (nSPS) is 12.3. The van der Waals surface area contributed by atoms with Gasteiger partial charge in [0.25, 0.3) is 0 Å². The summed E-state index contributed by atoms with van der Waals surface area (Å²) in [6, 6.07) is 2.05. The molecule has 1 atom stereocenters. The Morgan fingerprint density at radius 3 is 2.87 bits per heavy atom. The Kier molecular flexibility index (Phi) is 4.30. The van der Waals surface area contributed by atoms with E-state index in [1.54, 1.807) is 6.33 Å². The molecule has 0 bridgehead atoms. The van der Waals surface area contributed by atoms with Gasteiger partial charge in [-0.05, 0) is 13.8 Å². The number of nitrogens with one attached hydrogen (secondary N) is 1. The van der Waals surface area contributed by atoms with Gasteiger partial charge in [-0.2, -0.15) is 0 Å². The van der Waals surface area contributed by atoms with Crippen molar-refractivity contribution in [1.82, 2.24) is 9.97 Å². The van der Waals surface area contributed by atoms with Gasteiger partial charge in [-0.25, -0.2) is 9.97 Å². The van der Waals surface area contributed by atoms with E-state index in [9.17, 15) is 0 Å². The second kappa shape index (κ2) is 5.50. The summed E-state index contributed by atoms with van der Waals surface area (Å²) in [5.74, 6) is 1.73. The maximum Gasteiger partial charge on any atom is 0.133 e. The molecule has 0 saturated carbocycles. The van der Waals surface area contributed by atoms with Gasteiger partial charge >= 0.3 is 0 Å². The minimum Gasteiger partial charge on any atom is -0.370 e. The van der Waals surface area contributed by atoms with Crippen LogP contribution in [0.25, 0.3) is 0 Å². The summed E-state index contributed by atoms with van der Waals surface area (Å²) in [5.41, 5.74) is 5.73. The number of hydrogen-bond acceptors (Lipinski definition) is 5. The summed E-state index contributed by atoms with van der Waals surface area (Å²) in [5, 5.41) is 3.15. The second-order valence-corrected chi connectivity index (χ2v) is 3.65. The molecule has 0 radical (unpaired) electrons. The Morgan fingerprint density at radius 2 is 2.27 bits per heavy atom. The smallest absolute Gasteiger partial charge is 0.133 e. The molecule has 0 saturated heterocycles. The molecule has 5 heteroatoms. The van der Waals surface area contributed by atoms with Crippen molar-refractivity contribution in [1.29, 1.82) is 0 Å². The molecule has 0 aliphatic heterocycles. The first-order chi connectivity index (χ1) is 7.13. The maximum absolute atomic E-state index is 5.73. The summed E-state index contributed by atoms with van der Waals surface area (Å²) in [6.45, 7) is 5.65. The largest absolute Gasteiger partial charge is 0.370 e. The van der Waals surface area contributed by atoms with Gasteiger partial charge in [-0.3, -0.25) is 0 Å². The molecule has 1 heterocycles. The third-order valence-corrected chi connectivity index (χ3v) is 1.96. The van der Waals surface area contributed by atoms with E-state index in [1.807, 2.05) is 31.9 Å². The van der Waals surface area contributed by atoms with Crippen LogP contribution in [0, 0.1) is 0 Å². The van der Waals surface area contributed by atoms with Crippen LogP contribution in [-0.4, -0.2) is 36.1 Å². The van der Waals surface area contributed by atoms with Crippen molar-refractivity contribution in [3.05, 3.63) is 12.4 Å². The van der Waals surface area contributed by atoms with E-state index in [1.165, 1.54) is 0 Å². The summed E-state index contributed by atoms with van der Waals surface area (Å²) < 4.78 is 0. The second-order valence-electron chi connectivity index (χ2n) is 3.65. The van der Waals surface area contributed by atoms with Crippen LogP contribution in [0.15, 0.2) is 12.4 Å². The molecule has 0 aliphatic carbocycles. The zero-order valence-corrected chi connectivity index (χ0v) is 9.57. The summed E-state index contributed by atoms with van der Waals surface area (Å²) in [7, 11) is 1.97. The molecule has 1 rings (SSSR count). The monoisotopic (exact) mass is 209 g/mol. The number of anilines is 2. The van der Waals surface area contributed by atoms with Gasteiger partial charge in [0, 0.05) is 32.2 Å². The van der Waals surface area contributed by atoms with E-state index in [4.69, 9.17) is 5.73 Å². The molecular formula is C10H19N5. The lowest BCUT2D eigenvalue weighted by Gasteiger charge is -2.20. The van der Waals surface area contributed by atoms with E-state index < -0.39 is 0 Å². The first-order valence-electron chi connectivity index (χ1n) is 5.16. The molecule has 84 valence electrons. The van der Waals surface area contributed by atoms with Gasteiger partial charge in [0.05, 0.1) is 0 Å². The van der Waals surface area contributed by atoms with Crippen LogP contribution < -0.4 is 16.0 Å². The van der Waals surface area contributed by atoms with Gasteiger partial charge in [-0.15, -0.1) is 0 Å². The predicted octanol–water partition coefficient (Wildman–Crippen LogP) is 0.692. The van der Waals surface area contributed by atoms with E-state index >= 15 is 0 Å². The van der Waals surface area contributed by atoms with E-state index in [-0.39, 0.29) is 6.04 Å².